The zero-order chi connectivity index (χ0) is 27.3. The van der Waals surface area contributed by atoms with Crippen molar-refractivity contribution in [2.75, 3.05) is 56.0 Å². The van der Waals surface area contributed by atoms with Gasteiger partial charge >= 0.3 is 6.18 Å². The molecule has 11 heteroatoms. The third kappa shape index (κ3) is 6.63. The Balaban J connectivity index is 1.34. The van der Waals surface area contributed by atoms with Crippen molar-refractivity contribution >= 4 is 29.1 Å². The second kappa shape index (κ2) is 11.8. The SMILES string of the molecule is CCc1ccccc1NC(=O)C[C@@H]1C(=O)NCCN1C(=O)CN1CCN(c2cccc(C(F)(F)F)c2)CC1. The molecule has 0 bridgehead atoms. The van der Waals surface area contributed by atoms with Crippen LogP contribution in [0, 0.1) is 0 Å². The average molecular weight is 532 g/mol. The summed E-state index contributed by atoms with van der Waals surface area (Å²) in [6.45, 7) is 4.58. The number of nitrogens with one attached hydrogen (secondary N) is 2. The van der Waals surface area contributed by atoms with Crippen LogP contribution in [0.3, 0.4) is 0 Å². The summed E-state index contributed by atoms with van der Waals surface area (Å²) in [5.74, 6) is -0.961. The molecule has 0 aliphatic carbocycles. The summed E-state index contributed by atoms with van der Waals surface area (Å²) in [6.07, 6.45) is -3.82. The lowest BCUT2D eigenvalue weighted by atomic mass is 10.1. The summed E-state index contributed by atoms with van der Waals surface area (Å²) in [5, 5.41) is 5.60. The minimum atomic E-state index is -4.40. The van der Waals surface area contributed by atoms with Crippen LogP contribution < -0.4 is 15.5 Å². The van der Waals surface area contributed by atoms with Gasteiger partial charge in [0, 0.05) is 50.6 Å². The molecule has 3 amide bonds. The fraction of sp³-hybridized carbons (Fsp3) is 0.444. The Morgan fingerprint density at radius 2 is 1.76 bits per heavy atom. The molecular weight excluding hydrogens is 499 g/mol. The number of amides is 3. The van der Waals surface area contributed by atoms with Crippen LogP contribution in [0.4, 0.5) is 24.5 Å². The first kappa shape index (κ1) is 27.4. The van der Waals surface area contributed by atoms with Crippen LogP contribution in [0.5, 0.6) is 0 Å². The van der Waals surface area contributed by atoms with E-state index in [1.165, 1.54) is 11.0 Å². The van der Waals surface area contributed by atoms with Gasteiger partial charge in [-0.2, -0.15) is 13.2 Å². The summed E-state index contributed by atoms with van der Waals surface area (Å²) in [5.41, 5.74) is 1.47. The van der Waals surface area contributed by atoms with E-state index < -0.39 is 17.8 Å². The highest BCUT2D eigenvalue weighted by atomic mass is 19.4. The Bertz CT molecular complexity index is 1160. The highest BCUT2D eigenvalue weighted by Gasteiger charge is 2.36. The number of alkyl halides is 3. The van der Waals surface area contributed by atoms with Crippen molar-refractivity contribution in [2.45, 2.75) is 32.0 Å². The molecule has 2 saturated heterocycles. The lowest BCUT2D eigenvalue weighted by Crippen LogP contribution is -2.60. The van der Waals surface area contributed by atoms with E-state index >= 15 is 0 Å². The van der Waals surface area contributed by atoms with Crippen LogP contribution in [-0.2, 0) is 27.0 Å². The van der Waals surface area contributed by atoms with Crippen molar-refractivity contribution in [2.24, 2.45) is 0 Å². The lowest BCUT2D eigenvalue weighted by molar-refractivity contribution is -0.145. The first-order chi connectivity index (χ1) is 18.2. The van der Waals surface area contributed by atoms with Crippen LogP contribution in [0.25, 0.3) is 0 Å². The molecule has 4 rings (SSSR count). The number of hydrogen-bond donors (Lipinski definition) is 2. The number of carbonyl (C=O) groups excluding carboxylic acids is 3. The highest BCUT2D eigenvalue weighted by molar-refractivity contribution is 5.98. The molecule has 2 fully saturated rings. The van der Waals surface area contributed by atoms with E-state index in [9.17, 15) is 27.6 Å². The third-order valence-electron chi connectivity index (χ3n) is 6.97. The number of rotatable bonds is 7. The van der Waals surface area contributed by atoms with Gasteiger partial charge in [0.1, 0.15) is 6.04 Å². The second-order valence-corrected chi connectivity index (χ2v) is 9.47. The summed E-state index contributed by atoms with van der Waals surface area (Å²) in [7, 11) is 0. The van der Waals surface area contributed by atoms with Crippen LogP contribution in [-0.4, -0.2) is 79.4 Å². The van der Waals surface area contributed by atoms with Gasteiger partial charge in [0.25, 0.3) is 0 Å². The predicted octanol–water partition coefficient (Wildman–Crippen LogP) is 2.75. The van der Waals surface area contributed by atoms with E-state index in [1.54, 1.807) is 12.1 Å². The van der Waals surface area contributed by atoms with Crippen molar-refractivity contribution in [1.82, 2.24) is 15.1 Å². The maximum Gasteiger partial charge on any atom is 0.416 e. The number of benzene rings is 2. The number of para-hydroxylation sites is 1. The summed E-state index contributed by atoms with van der Waals surface area (Å²) in [4.78, 5) is 43.9. The number of nitrogens with zero attached hydrogens (tertiary/aromatic N) is 3. The summed E-state index contributed by atoms with van der Waals surface area (Å²) in [6, 6.07) is 11.8. The van der Waals surface area contributed by atoms with Gasteiger partial charge in [-0.05, 0) is 36.2 Å². The minimum absolute atomic E-state index is 0.0699. The van der Waals surface area contributed by atoms with Gasteiger partial charge in [0.05, 0.1) is 18.5 Å². The molecule has 38 heavy (non-hydrogen) atoms. The monoisotopic (exact) mass is 531 g/mol. The predicted molar refractivity (Wildman–Crippen MR) is 138 cm³/mol. The zero-order valence-corrected chi connectivity index (χ0v) is 21.3. The van der Waals surface area contributed by atoms with Crippen LogP contribution >= 0.6 is 0 Å². The number of carbonyl (C=O) groups is 3. The molecule has 8 nitrogen and oxygen atoms in total. The molecule has 2 aromatic rings. The largest absolute Gasteiger partial charge is 0.416 e. The number of halogens is 3. The summed E-state index contributed by atoms with van der Waals surface area (Å²) < 4.78 is 39.2. The van der Waals surface area contributed by atoms with E-state index in [0.29, 0.717) is 50.6 Å². The van der Waals surface area contributed by atoms with Gasteiger partial charge < -0.3 is 20.4 Å². The Hall–Kier alpha value is -3.60. The Kier molecular flexibility index (Phi) is 8.55. The quantitative estimate of drug-likeness (QED) is 0.574. The summed E-state index contributed by atoms with van der Waals surface area (Å²) >= 11 is 0. The Morgan fingerprint density at radius 1 is 1.03 bits per heavy atom. The van der Waals surface area contributed by atoms with Gasteiger partial charge in [-0.1, -0.05) is 31.2 Å². The molecule has 2 aliphatic rings. The molecule has 0 aromatic heterocycles. The first-order valence-corrected chi connectivity index (χ1v) is 12.7. The van der Waals surface area contributed by atoms with Crippen molar-refractivity contribution in [3.8, 4) is 0 Å². The van der Waals surface area contributed by atoms with Crippen LogP contribution in [0.15, 0.2) is 48.5 Å². The molecular formula is C27H32F3N5O3. The highest BCUT2D eigenvalue weighted by Crippen LogP contribution is 2.32. The molecule has 0 radical (unpaired) electrons. The fourth-order valence-electron chi connectivity index (χ4n) is 4.87. The molecule has 2 aromatic carbocycles. The van der Waals surface area contributed by atoms with Gasteiger partial charge in [0.15, 0.2) is 0 Å². The van der Waals surface area contributed by atoms with Gasteiger partial charge in [0.2, 0.25) is 17.7 Å². The van der Waals surface area contributed by atoms with Gasteiger partial charge in [-0.25, -0.2) is 0 Å². The fourth-order valence-corrected chi connectivity index (χ4v) is 4.87. The maximum absolute atomic E-state index is 13.2. The minimum Gasteiger partial charge on any atom is -0.369 e. The molecule has 2 heterocycles. The van der Waals surface area contributed by atoms with E-state index in [0.717, 1.165) is 24.1 Å². The second-order valence-electron chi connectivity index (χ2n) is 9.47. The molecule has 2 aliphatic heterocycles. The van der Waals surface area contributed by atoms with Crippen LogP contribution in [0.2, 0.25) is 0 Å². The van der Waals surface area contributed by atoms with Crippen molar-refractivity contribution in [1.29, 1.82) is 0 Å². The Labute approximate surface area is 219 Å². The number of piperazine rings is 2. The smallest absolute Gasteiger partial charge is 0.369 e. The topological polar surface area (TPSA) is 85.0 Å². The van der Waals surface area contributed by atoms with E-state index in [2.05, 4.69) is 10.6 Å². The van der Waals surface area contributed by atoms with E-state index in [-0.39, 0.29) is 30.7 Å². The van der Waals surface area contributed by atoms with Crippen LogP contribution in [0.1, 0.15) is 24.5 Å². The van der Waals surface area contributed by atoms with E-state index in [1.807, 2.05) is 34.9 Å². The van der Waals surface area contributed by atoms with Crippen molar-refractivity contribution in [3.05, 3.63) is 59.7 Å². The molecule has 0 unspecified atom stereocenters. The standard InChI is InChI=1S/C27H32F3N5O3/c1-2-19-6-3-4-9-22(19)32-24(36)17-23-26(38)31-10-11-35(23)25(37)18-33-12-14-34(15-13-33)21-8-5-7-20(16-21)27(28,29)30/h3-9,16,23H,2,10-15,17-18H2,1H3,(H,31,38)(H,32,36)/t23-/m1/s1. The first-order valence-electron chi connectivity index (χ1n) is 12.7. The van der Waals surface area contributed by atoms with Gasteiger partial charge in [-0.15, -0.1) is 0 Å². The van der Waals surface area contributed by atoms with E-state index in [4.69, 9.17) is 0 Å². The molecule has 0 saturated carbocycles. The number of hydrogen-bond acceptors (Lipinski definition) is 5. The molecule has 1 atom stereocenters. The average Bonchev–Trinajstić information content (AvgIpc) is 2.90. The normalized spacial score (nSPS) is 18.7. The molecule has 0 spiro atoms. The third-order valence-corrected chi connectivity index (χ3v) is 6.97. The zero-order valence-electron chi connectivity index (χ0n) is 21.3. The molecule has 2 N–H and O–H groups in total. The lowest BCUT2D eigenvalue weighted by Gasteiger charge is -2.39. The van der Waals surface area contributed by atoms with Crippen molar-refractivity contribution < 1.29 is 27.6 Å². The number of aryl methyl sites for hydroxylation is 1. The van der Waals surface area contributed by atoms with Crippen molar-refractivity contribution in [3.63, 3.8) is 0 Å². The Morgan fingerprint density at radius 3 is 2.47 bits per heavy atom. The maximum atomic E-state index is 13.2. The number of anilines is 2. The van der Waals surface area contributed by atoms with Gasteiger partial charge in [-0.3, -0.25) is 19.3 Å². The molecule has 204 valence electrons.